The van der Waals surface area contributed by atoms with Crippen LogP contribution >= 0.6 is 22.6 Å². The Morgan fingerprint density at radius 2 is 2.37 bits per heavy atom. The molecule has 2 N–H and O–H groups in total. The summed E-state index contributed by atoms with van der Waals surface area (Å²) in [6.45, 7) is 0.423. The van der Waals surface area contributed by atoms with Crippen molar-refractivity contribution >= 4 is 28.5 Å². The van der Waals surface area contributed by atoms with Gasteiger partial charge in [-0.05, 0) is 22.6 Å². The van der Waals surface area contributed by atoms with Crippen LogP contribution in [-0.2, 0) is 19.0 Å². The molecule has 7 nitrogen and oxygen atoms in total. The third kappa shape index (κ3) is 3.19. The standard InChI is InChI=1S/C11H17IN2O5/c1-17-5-8-7(18-2)3-9(19-8)14-4-6(12)10(15)13-11(14)16/h4,7-9,11,16H,3,5H2,1-2H3,(H,13,15)/t7-,8?,9+,11?/m0/s1. The summed E-state index contributed by atoms with van der Waals surface area (Å²) in [5.41, 5.74) is 0. The van der Waals surface area contributed by atoms with Crippen LogP contribution in [0.5, 0.6) is 0 Å². The van der Waals surface area contributed by atoms with Crippen molar-refractivity contribution in [2.24, 2.45) is 0 Å². The first-order valence-electron chi connectivity index (χ1n) is 5.87. The maximum atomic E-state index is 11.4. The van der Waals surface area contributed by atoms with Gasteiger partial charge in [0.25, 0.3) is 5.91 Å². The van der Waals surface area contributed by atoms with Crippen molar-refractivity contribution in [2.45, 2.75) is 31.2 Å². The molecule has 2 aliphatic heterocycles. The first kappa shape index (κ1) is 15.0. The van der Waals surface area contributed by atoms with Crippen molar-refractivity contribution in [3.05, 3.63) is 9.78 Å². The minimum absolute atomic E-state index is 0.0964. The molecule has 0 bridgehead atoms. The van der Waals surface area contributed by atoms with Gasteiger partial charge >= 0.3 is 0 Å². The fourth-order valence-corrected chi connectivity index (χ4v) is 2.69. The van der Waals surface area contributed by atoms with Crippen LogP contribution < -0.4 is 5.32 Å². The number of methoxy groups -OCH3 is 2. The number of rotatable bonds is 4. The Kier molecular flexibility index (Phi) is 5.01. The number of aliphatic hydroxyl groups is 1. The monoisotopic (exact) mass is 384 g/mol. The minimum atomic E-state index is -1.09. The SMILES string of the molecule is COCC1O[C@@H](N2C=C(I)C(=O)NC2O)C[C@@H]1OC. The first-order valence-corrected chi connectivity index (χ1v) is 6.95. The van der Waals surface area contributed by atoms with Gasteiger partial charge in [-0.1, -0.05) is 0 Å². The van der Waals surface area contributed by atoms with Gasteiger partial charge in [-0.2, -0.15) is 0 Å². The van der Waals surface area contributed by atoms with Gasteiger partial charge in [-0.3, -0.25) is 4.79 Å². The second-order valence-corrected chi connectivity index (χ2v) is 5.53. The molecule has 1 saturated heterocycles. The third-order valence-corrected chi connectivity index (χ3v) is 3.94. The van der Waals surface area contributed by atoms with Crippen molar-refractivity contribution < 1.29 is 24.1 Å². The lowest BCUT2D eigenvalue weighted by Gasteiger charge is -2.34. The summed E-state index contributed by atoms with van der Waals surface area (Å²) < 4.78 is 16.8. The molecule has 2 rings (SSSR count). The fourth-order valence-electron chi connectivity index (χ4n) is 2.21. The summed E-state index contributed by atoms with van der Waals surface area (Å²) in [7, 11) is 3.22. The topological polar surface area (TPSA) is 80.3 Å². The lowest BCUT2D eigenvalue weighted by molar-refractivity contribution is -0.143. The van der Waals surface area contributed by atoms with Crippen LogP contribution in [0.2, 0.25) is 0 Å². The molecule has 0 aliphatic carbocycles. The van der Waals surface area contributed by atoms with Gasteiger partial charge in [0, 0.05) is 26.8 Å². The molecule has 2 heterocycles. The molecule has 0 saturated carbocycles. The number of aliphatic hydroxyl groups excluding tert-OH is 1. The Bertz CT molecular complexity index is 378. The highest BCUT2D eigenvalue weighted by molar-refractivity contribution is 14.1. The van der Waals surface area contributed by atoms with E-state index in [1.54, 1.807) is 25.3 Å². The van der Waals surface area contributed by atoms with E-state index in [-0.39, 0.29) is 24.3 Å². The van der Waals surface area contributed by atoms with Crippen molar-refractivity contribution in [3.8, 4) is 0 Å². The maximum absolute atomic E-state index is 11.4. The molecule has 0 radical (unpaired) electrons. The molecule has 4 atom stereocenters. The van der Waals surface area contributed by atoms with Crippen LogP contribution in [0.15, 0.2) is 9.78 Å². The van der Waals surface area contributed by atoms with Gasteiger partial charge in [-0.15, -0.1) is 0 Å². The first-order chi connectivity index (χ1) is 9.06. The number of hydrogen-bond donors (Lipinski definition) is 2. The molecule has 19 heavy (non-hydrogen) atoms. The molecule has 0 spiro atoms. The summed E-state index contributed by atoms with van der Waals surface area (Å²) >= 11 is 1.92. The van der Waals surface area contributed by atoms with E-state index in [0.29, 0.717) is 16.6 Å². The summed E-state index contributed by atoms with van der Waals surface area (Å²) in [4.78, 5) is 13.0. The molecule has 2 aliphatic rings. The molecule has 1 fully saturated rings. The highest BCUT2D eigenvalue weighted by Crippen LogP contribution is 2.28. The molecule has 8 heteroatoms. The van der Waals surface area contributed by atoms with Gasteiger partial charge in [0.1, 0.15) is 12.3 Å². The fraction of sp³-hybridized carbons (Fsp3) is 0.727. The highest BCUT2D eigenvalue weighted by atomic mass is 127. The molecular formula is C11H17IN2O5. The van der Waals surface area contributed by atoms with Crippen molar-refractivity contribution in [2.75, 3.05) is 20.8 Å². The van der Waals surface area contributed by atoms with E-state index < -0.39 is 6.35 Å². The maximum Gasteiger partial charge on any atom is 0.262 e. The number of carbonyl (C=O) groups excluding carboxylic acids is 1. The molecular weight excluding hydrogens is 367 g/mol. The van der Waals surface area contributed by atoms with E-state index in [9.17, 15) is 9.90 Å². The van der Waals surface area contributed by atoms with E-state index in [1.165, 1.54) is 0 Å². The Labute approximate surface area is 125 Å². The number of hydrogen-bond acceptors (Lipinski definition) is 6. The number of halogens is 1. The zero-order chi connectivity index (χ0) is 14.0. The summed E-state index contributed by atoms with van der Waals surface area (Å²) in [6, 6.07) is 0. The smallest absolute Gasteiger partial charge is 0.262 e. The predicted molar refractivity (Wildman–Crippen MR) is 74.0 cm³/mol. The minimum Gasteiger partial charge on any atom is -0.382 e. The van der Waals surface area contributed by atoms with Gasteiger partial charge < -0.3 is 29.5 Å². The van der Waals surface area contributed by atoms with Crippen molar-refractivity contribution in [1.29, 1.82) is 0 Å². The molecule has 0 aromatic rings. The van der Waals surface area contributed by atoms with Crippen LogP contribution in [0.3, 0.4) is 0 Å². The van der Waals surface area contributed by atoms with Crippen LogP contribution in [0, 0.1) is 0 Å². The number of carbonyl (C=O) groups is 1. The molecule has 1 amide bonds. The normalized spacial score (nSPS) is 35.3. The largest absolute Gasteiger partial charge is 0.382 e. The summed E-state index contributed by atoms with van der Waals surface area (Å²) in [5.74, 6) is -0.293. The van der Waals surface area contributed by atoms with Crippen LogP contribution in [0.1, 0.15) is 6.42 Å². The van der Waals surface area contributed by atoms with Crippen molar-refractivity contribution in [3.63, 3.8) is 0 Å². The molecule has 108 valence electrons. The Balaban J connectivity index is 2.08. The second-order valence-electron chi connectivity index (χ2n) is 4.37. The van der Waals surface area contributed by atoms with E-state index in [2.05, 4.69) is 5.32 Å². The van der Waals surface area contributed by atoms with Gasteiger partial charge in [0.15, 0.2) is 0 Å². The average molecular weight is 384 g/mol. The molecule has 2 unspecified atom stereocenters. The van der Waals surface area contributed by atoms with Crippen LogP contribution in [-0.4, -0.2) is 61.5 Å². The third-order valence-electron chi connectivity index (χ3n) is 3.17. The predicted octanol–water partition coefficient (Wildman–Crippen LogP) is -0.253. The Hall–Kier alpha value is -0.420. The number of amides is 1. The van der Waals surface area contributed by atoms with E-state index in [1.807, 2.05) is 22.6 Å². The lowest BCUT2D eigenvalue weighted by atomic mass is 10.2. The van der Waals surface area contributed by atoms with Gasteiger partial charge in [0.05, 0.1) is 16.3 Å². The summed E-state index contributed by atoms with van der Waals surface area (Å²) in [5, 5.41) is 12.3. The zero-order valence-electron chi connectivity index (χ0n) is 10.7. The summed E-state index contributed by atoms with van der Waals surface area (Å²) in [6.07, 6.45) is 0.464. The lowest BCUT2D eigenvalue weighted by Crippen LogP contribution is -2.53. The Morgan fingerprint density at radius 1 is 1.63 bits per heavy atom. The van der Waals surface area contributed by atoms with Crippen LogP contribution in [0.4, 0.5) is 0 Å². The van der Waals surface area contributed by atoms with Gasteiger partial charge in [-0.25, -0.2) is 0 Å². The number of nitrogens with zero attached hydrogens (tertiary/aromatic N) is 1. The highest BCUT2D eigenvalue weighted by Gasteiger charge is 2.41. The number of nitrogens with one attached hydrogen (secondary N) is 1. The zero-order valence-corrected chi connectivity index (χ0v) is 12.9. The van der Waals surface area contributed by atoms with E-state index in [0.717, 1.165) is 0 Å². The quantitative estimate of drug-likeness (QED) is 0.651. The molecule has 0 aromatic carbocycles. The van der Waals surface area contributed by atoms with E-state index in [4.69, 9.17) is 14.2 Å². The van der Waals surface area contributed by atoms with Crippen LogP contribution in [0.25, 0.3) is 0 Å². The Morgan fingerprint density at radius 3 is 3.00 bits per heavy atom. The number of ether oxygens (including phenoxy) is 3. The van der Waals surface area contributed by atoms with Crippen molar-refractivity contribution in [1.82, 2.24) is 10.2 Å². The molecule has 0 aromatic heterocycles. The van der Waals surface area contributed by atoms with Gasteiger partial charge in [0.2, 0.25) is 6.35 Å². The average Bonchev–Trinajstić information content (AvgIpc) is 2.77. The second kappa shape index (κ2) is 6.35. The van der Waals surface area contributed by atoms with E-state index >= 15 is 0 Å².